The Hall–Kier alpha value is -1.33. The summed E-state index contributed by atoms with van der Waals surface area (Å²) in [5.74, 6) is 5.74. The number of aliphatic hydroxyl groups is 1. The van der Waals surface area contributed by atoms with Gasteiger partial charge in [0.1, 0.15) is 0 Å². The van der Waals surface area contributed by atoms with Crippen molar-refractivity contribution in [3.8, 4) is 11.8 Å². The van der Waals surface area contributed by atoms with E-state index in [0.29, 0.717) is 12.8 Å². The Morgan fingerprint density at radius 1 is 1.57 bits per heavy atom. The van der Waals surface area contributed by atoms with Crippen molar-refractivity contribution in [2.45, 2.75) is 32.8 Å². The lowest BCUT2D eigenvalue weighted by molar-refractivity contribution is 0.164. The van der Waals surface area contributed by atoms with Gasteiger partial charge in [-0.15, -0.1) is 11.8 Å². The van der Waals surface area contributed by atoms with E-state index in [0.717, 1.165) is 11.3 Å². The van der Waals surface area contributed by atoms with Crippen LogP contribution in [0.15, 0.2) is 18.3 Å². The molecular weight excluding hydrogens is 174 g/mol. The van der Waals surface area contributed by atoms with Crippen LogP contribution in [0.3, 0.4) is 0 Å². The van der Waals surface area contributed by atoms with Gasteiger partial charge >= 0.3 is 0 Å². The predicted octanol–water partition coefficient (Wildman–Crippen LogP) is 2.23. The summed E-state index contributed by atoms with van der Waals surface area (Å²) in [7, 11) is 0. The van der Waals surface area contributed by atoms with Crippen LogP contribution in [-0.2, 0) is 0 Å². The first-order chi connectivity index (χ1) is 6.75. The molecule has 74 valence electrons. The summed E-state index contributed by atoms with van der Waals surface area (Å²) in [6, 6.07) is 3.83. The number of hydrogen-bond donors (Lipinski definition) is 1. The molecule has 0 aliphatic heterocycles. The highest BCUT2D eigenvalue weighted by molar-refractivity contribution is 5.19. The first-order valence-corrected chi connectivity index (χ1v) is 4.75. The van der Waals surface area contributed by atoms with Crippen molar-refractivity contribution in [2.24, 2.45) is 0 Å². The Kier molecular flexibility index (Phi) is 4.15. The number of hydrogen-bond acceptors (Lipinski definition) is 2. The number of aryl methyl sites for hydroxylation is 1. The molecule has 2 nitrogen and oxygen atoms in total. The lowest BCUT2D eigenvalue weighted by Crippen LogP contribution is -2.02. The molecule has 14 heavy (non-hydrogen) atoms. The van der Waals surface area contributed by atoms with Crippen LogP contribution < -0.4 is 0 Å². The average Bonchev–Trinajstić information content (AvgIpc) is 2.18. The van der Waals surface area contributed by atoms with Gasteiger partial charge in [-0.1, -0.05) is 6.07 Å². The van der Waals surface area contributed by atoms with Gasteiger partial charge in [0.25, 0.3) is 0 Å². The molecule has 0 radical (unpaired) electrons. The molecule has 0 saturated heterocycles. The first-order valence-electron chi connectivity index (χ1n) is 4.75. The molecule has 0 aromatic carbocycles. The molecule has 2 heteroatoms. The second-order valence-corrected chi connectivity index (χ2v) is 3.19. The molecule has 0 saturated carbocycles. The largest absolute Gasteiger partial charge is 0.387 e. The fourth-order valence-corrected chi connectivity index (χ4v) is 1.32. The Morgan fingerprint density at radius 2 is 2.36 bits per heavy atom. The lowest BCUT2D eigenvalue weighted by Gasteiger charge is -2.10. The standard InChI is InChI=1S/C12H15NO/c1-3-4-5-8-11(14)12-10(2)7-6-9-13-12/h6-7,9,11,14H,5,8H2,1-2H3. The van der Waals surface area contributed by atoms with E-state index < -0.39 is 6.10 Å². The van der Waals surface area contributed by atoms with E-state index >= 15 is 0 Å². The van der Waals surface area contributed by atoms with Crippen LogP contribution in [0.2, 0.25) is 0 Å². The van der Waals surface area contributed by atoms with Crippen molar-refractivity contribution < 1.29 is 5.11 Å². The third kappa shape index (κ3) is 2.86. The zero-order valence-electron chi connectivity index (χ0n) is 8.62. The molecule has 1 unspecified atom stereocenters. The first kappa shape index (κ1) is 10.7. The van der Waals surface area contributed by atoms with Crippen molar-refractivity contribution in [3.63, 3.8) is 0 Å². The van der Waals surface area contributed by atoms with E-state index in [1.807, 2.05) is 19.1 Å². The maximum atomic E-state index is 9.80. The molecule has 0 fully saturated rings. The number of pyridine rings is 1. The summed E-state index contributed by atoms with van der Waals surface area (Å²) in [5, 5.41) is 9.80. The third-order valence-corrected chi connectivity index (χ3v) is 2.09. The Bertz CT molecular complexity index is 349. The van der Waals surface area contributed by atoms with Crippen molar-refractivity contribution >= 4 is 0 Å². The highest BCUT2D eigenvalue weighted by Crippen LogP contribution is 2.18. The fourth-order valence-electron chi connectivity index (χ4n) is 1.32. The molecule has 1 atom stereocenters. The Morgan fingerprint density at radius 3 is 3.00 bits per heavy atom. The summed E-state index contributed by atoms with van der Waals surface area (Å²) in [6.45, 7) is 3.76. The highest BCUT2D eigenvalue weighted by atomic mass is 16.3. The van der Waals surface area contributed by atoms with Gasteiger partial charge in [-0.2, -0.15) is 0 Å². The molecule has 0 amide bonds. The molecule has 0 spiro atoms. The van der Waals surface area contributed by atoms with Gasteiger partial charge in [0.2, 0.25) is 0 Å². The smallest absolute Gasteiger partial charge is 0.0971 e. The molecular formula is C12H15NO. The molecule has 1 heterocycles. The van der Waals surface area contributed by atoms with Gasteiger partial charge < -0.3 is 5.11 Å². The molecule has 0 aliphatic carbocycles. The van der Waals surface area contributed by atoms with Crippen molar-refractivity contribution in [2.75, 3.05) is 0 Å². The summed E-state index contributed by atoms with van der Waals surface area (Å²) < 4.78 is 0. The van der Waals surface area contributed by atoms with Gasteiger partial charge in [0.05, 0.1) is 11.8 Å². The van der Waals surface area contributed by atoms with Crippen LogP contribution in [0.5, 0.6) is 0 Å². The fraction of sp³-hybridized carbons (Fsp3) is 0.417. The van der Waals surface area contributed by atoms with Crippen molar-refractivity contribution in [1.29, 1.82) is 0 Å². The van der Waals surface area contributed by atoms with Crippen LogP contribution in [0, 0.1) is 18.8 Å². The van der Waals surface area contributed by atoms with Gasteiger partial charge in [-0.05, 0) is 31.9 Å². The number of rotatable bonds is 3. The molecule has 0 bridgehead atoms. The predicted molar refractivity (Wildman–Crippen MR) is 56.6 cm³/mol. The zero-order valence-corrected chi connectivity index (χ0v) is 8.62. The summed E-state index contributed by atoms with van der Waals surface area (Å²) >= 11 is 0. The number of nitrogens with zero attached hydrogens (tertiary/aromatic N) is 1. The minimum atomic E-state index is -0.489. The second-order valence-electron chi connectivity index (χ2n) is 3.19. The molecule has 1 aromatic rings. The number of aliphatic hydroxyl groups excluding tert-OH is 1. The quantitative estimate of drug-likeness (QED) is 0.740. The third-order valence-electron chi connectivity index (χ3n) is 2.09. The van der Waals surface area contributed by atoms with Crippen LogP contribution in [0.1, 0.15) is 37.1 Å². The summed E-state index contributed by atoms with van der Waals surface area (Å²) in [5.41, 5.74) is 1.80. The van der Waals surface area contributed by atoms with E-state index in [1.54, 1.807) is 13.1 Å². The van der Waals surface area contributed by atoms with Gasteiger partial charge in [0, 0.05) is 12.6 Å². The van der Waals surface area contributed by atoms with Gasteiger partial charge in [-0.3, -0.25) is 4.98 Å². The second kappa shape index (κ2) is 5.41. The van der Waals surface area contributed by atoms with E-state index in [9.17, 15) is 5.11 Å². The van der Waals surface area contributed by atoms with Gasteiger partial charge in [0.15, 0.2) is 0 Å². The van der Waals surface area contributed by atoms with Gasteiger partial charge in [-0.25, -0.2) is 0 Å². The van der Waals surface area contributed by atoms with Crippen molar-refractivity contribution in [3.05, 3.63) is 29.6 Å². The van der Waals surface area contributed by atoms with Crippen LogP contribution >= 0.6 is 0 Å². The SMILES string of the molecule is CC#CCCC(O)c1ncccc1C. The maximum Gasteiger partial charge on any atom is 0.0971 e. The average molecular weight is 189 g/mol. The Balaban J connectivity index is 2.63. The zero-order chi connectivity index (χ0) is 10.4. The summed E-state index contributed by atoms with van der Waals surface area (Å²) in [4.78, 5) is 4.16. The normalized spacial score (nSPS) is 11.6. The summed E-state index contributed by atoms with van der Waals surface area (Å²) in [6.07, 6.45) is 2.58. The van der Waals surface area contributed by atoms with E-state index in [-0.39, 0.29) is 0 Å². The monoisotopic (exact) mass is 189 g/mol. The maximum absolute atomic E-state index is 9.80. The van der Waals surface area contributed by atoms with Crippen LogP contribution in [0.25, 0.3) is 0 Å². The topological polar surface area (TPSA) is 33.1 Å². The van der Waals surface area contributed by atoms with E-state index in [2.05, 4.69) is 16.8 Å². The van der Waals surface area contributed by atoms with Crippen LogP contribution in [0.4, 0.5) is 0 Å². The number of aromatic nitrogens is 1. The lowest BCUT2D eigenvalue weighted by atomic mass is 10.1. The minimum Gasteiger partial charge on any atom is -0.387 e. The Labute approximate surface area is 85.0 Å². The van der Waals surface area contributed by atoms with E-state index in [1.165, 1.54) is 0 Å². The molecule has 1 rings (SSSR count). The minimum absolute atomic E-state index is 0.489. The highest BCUT2D eigenvalue weighted by Gasteiger charge is 2.09. The van der Waals surface area contributed by atoms with Crippen molar-refractivity contribution in [1.82, 2.24) is 4.98 Å². The molecule has 0 aliphatic rings. The van der Waals surface area contributed by atoms with E-state index in [4.69, 9.17) is 0 Å². The molecule has 1 N–H and O–H groups in total. The molecule has 1 aromatic heterocycles. The van der Waals surface area contributed by atoms with Crippen LogP contribution in [-0.4, -0.2) is 10.1 Å².